The maximum Gasteiger partial charge on any atom is 0.134 e. The van der Waals surface area contributed by atoms with Crippen molar-refractivity contribution in [2.75, 3.05) is 5.32 Å². The Kier molecular flexibility index (Phi) is 2.95. The zero-order chi connectivity index (χ0) is 13.2. The summed E-state index contributed by atoms with van der Waals surface area (Å²) >= 11 is 0. The normalized spacial score (nSPS) is 12.5. The highest BCUT2D eigenvalue weighted by Crippen LogP contribution is 2.26. The summed E-state index contributed by atoms with van der Waals surface area (Å²) in [6, 6.07) is 12.3. The summed E-state index contributed by atoms with van der Waals surface area (Å²) in [6.45, 7) is 4.12. The number of para-hydroxylation sites is 1. The summed E-state index contributed by atoms with van der Waals surface area (Å²) in [5, 5.41) is 4.54. The highest BCUT2D eigenvalue weighted by molar-refractivity contribution is 5.77. The van der Waals surface area contributed by atoms with Gasteiger partial charge in [0.2, 0.25) is 0 Å². The van der Waals surface area contributed by atoms with Crippen molar-refractivity contribution in [2.45, 2.75) is 19.9 Å². The third kappa shape index (κ3) is 2.45. The molecule has 2 aromatic heterocycles. The van der Waals surface area contributed by atoms with E-state index in [9.17, 15) is 0 Å². The van der Waals surface area contributed by atoms with Gasteiger partial charge in [0.1, 0.15) is 11.3 Å². The van der Waals surface area contributed by atoms with E-state index in [0.717, 1.165) is 28.0 Å². The first-order valence-electron chi connectivity index (χ1n) is 6.39. The molecule has 1 atom stereocenters. The number of fused-ring (bicyclic) bond motifs is 1. The first kappa shape index (κ1) is 11.8. The van der Waals surface area contributed by atoms with Gasteiger partial charge in [-0.1, -0.05) is 18.2 Å². The minimum Gasteiger partial charge on any atom is -0.459 e. The molecule has 96 valence electrons. The first-order chi connectivity index (χ1) is 9.22. The number of rotatable bonds is 3. The van der Waals surface area contributed by atoms with Gasteiger partial charge < -0.3 is 9.73 Å². The monoisotopic (exact) mass is 252 g/mol. The first-order valence-corrected chi connectivity index (χ1v) is 6.39. The van der Waals surface area contributed by atoms with E-state index in [-0.39, 0.29) is 6.04 Å². The van der Waals surface area contributed by atoms with Crippen LogP contribution in [0.5, 0.6) is 0 Å². The second-order valence-corrected chi connectivity index (χ2v) is 4.80. The Bertz CT molecular complexity index is 670. The number of benzene rings is 1. The Morgan fingerprint density at radius 3 is 2.79 bits per heavy atom. The third-order valence-corrected chi connectivity index (χ3v) is 3.13. The lowest BCUT2D eigenvalue weighted by Crippen LogP contribution is -2.05. The molecule has 0 saturated heterocycles. The van der Waals surface area contributed by atoms with Crippen molar-refractivity contribution in [3.63, 3.8) is 0 Å². The zero-order valence-electron chi connectivity index (χ0n) is 11.1. The second kappa shape index (κ2) is 4.76. The number of aryl methyl sites for hydroxylation is 1. The summed E-state index contributed by atoms with van der Waals surface area (Å²) in [6.07, 6.45) is 3.67. The predicted octanol–water partition coefficient (Wildman–Crippen LogP) is 4.31. The molecular weight excluding hydrogens is 236 g/mol. The Labute approximate surface area is 112 Å². The number of furan rings is 1. The summed E-state index contributed by atoms with van der Waals surface area (Å²) in [7, 11) is 0. The maximum absolute atomic E-state index is 5.85. The topological polar surface area (TPSA) is 38.1 Å². The number of nitrogens with one attached hydrogen (secondary N) is 1. The van der Waals surface area contributed by atoms with Crippen LogP contribution in [0.25, 0.3) is 11.0 Å². The van der Waals surface area contributed by atoms with Crippen molar-refractivity contribution in [1.29, 1.82) is 0 Å². The molecule has 3 rings (SSSR count). The number of hydrogen-bond acceptors (Lipinski definition) is 3. The molecule has 0 radical (unpaired) electrons. The van der Waals surface area contributed by atoms with Crippen LogP contribution in [0.3, 0.4) is 0 Å². The van der Waals surface area contributed by atoms with Crippen LogP contribution in [0.2, 0.25) is 0 Å². The van der Waals surface area contributed by atoms with Crippen LogP contribution in [-0.4, -0.2) is 4.98 Å². The van der Waals surface area contributed by atoms with Crippen molar-refractivity contribution in [3.8, 4) is 0 Å². The van der Waals surface area contributed by atoms with Crippen LogP contribution in [-0.2, 0) is 0 Å². The fourth-order valence-electron chi connectivity index (χ4n) is 2.17. The van der Waals surface area contributed by atoms with Crippen molar-refractivity contribution in [2.24, 2.45) is 0 Å². The van der Waals surface area contributed by atoms with E-state index < -0.39 is 0 Å². The van der Waals surface area contributed by atoms with Gasteiger partial charge in [-0.25, -0.2) is 0 Å². The molecule has 1 aromatic carbocycles. The molecule has 0 amide bonds. The largest absolute Gasteiger partial charge is 0.459 e. The van der Waals surface area contributed by atoms with Crippen molar-refractivity contribution >= 4 is 16.7 Å². The van der Waals surface area contributed by atoms with Gasteiger partial charge in [0.05, 0.1) is 11.7 Å². The minimum absolute atomic E-state index is 0.107. The molecule has 0 saturated carbocycles. The standard InChI is InChI=1S/C16H16N2O/c1-11-7-14(10-17-9-11)18-12(2)16-8-13-5-3-4-6-15(13)19-16/h3-10,12,18H,1-2H3. The molecule has 1 unspecified atom stereocenters. The number of aromatic nitrogens is 1. The summed E-state index contributed by atoms with van der Waals surface area (Å²) < 4.78 is 5.85. The molecule has 0 aliphatic rings. The lowest BCUT2D eigenvalue weighted by molar-refractivity contribution is 0.526. The van der Waals surface area contributed by atoms with Gasteiger partial charge in [-0.05, 0) is 37.6 Å². The van der Waals surface area contributed by atoms with Crippen molar-refractivity contribution < 1.29 is 4.42 Å². The van der Waals surface area contributed by atoms with E-state index in [1.807, 2.05) is 37.5 Å². The van der Waals surface area contributed by atoms with Crippen LogP contribution in [0.15, 0.2) is 53.2 Å². The summed E-state index contributed by atoms with van der Waals surface area (Å²) in [4.78, 5) is 4.18. The van der Waals surface area contributed by atoms with Crippen LogP contribution in [0.1, 0.15) is 24.3 Å². The summed E-state index contributed by atoms with van der Waals surface area (Å²) in [5.41, 5.74) is 3.07. The fraction of sp³-hybridized carbons (Fsp3) is 0.188. The molecule has 1 N–H and O–H groups in total. The zero-order valence-corrected chi connectivity index (χ0v) is 11.1. The smallest absolute Gasteiger partial charge is 0.134 e. The van der Waals surface area contributed by atoms with Crippen molar-refractivity contribution in [1.82, 2.24) is 4.98 Å². The van der Waals surface area contributed by atoms with Gasteiger partial charge in [0.15, 0.2) is 0 Å². The van der Waals surface area contributed by atoms with Gasteiger partial charge in [0.25, 0.3) is 0 Å². The van der Waals surface area contributed by atoms with Gasteiger partial charge in [-0.3, -0.25) is 4.98 Å². The molecule has 0 spiro atoms. The highest BCUT2D eigenvalue weighted by atomic mass is 16.3. The van der Waals surface area contributed by atoms with E-state index in [4.69, 9.17) is 4.42 Å². The second-order valence-electron chi connectivity index (χ2n) is 4.80. The Morgan fingerprint density at radius 1 is 1.16 bits per heavy atom. The number of anilines is 1. The fourth-order valence-corrected chi connectivity index (χ4v) is 2.17. The van der Waals surface area contributed by atoms with E-state index in [0.29, 0.717) is 0 Å². The number of pyridine rings is 1. The Balaban J connectivity index is 1.85. The van der Waals surface area contributed by atoms with E-state index in [1.165, 1.54) is 0 Å². The van der Waals surface area contributed by atoms with Gasteiger partial charge in [0, 0.05) is 17.8 Å². The van der Waals surface area contributed by atoms with Gasteiger partial charge in [-0.2, -0.15) is 0 Å². The van der Waals surface area contributed by atoms with E-state index in [2.05, 4.69) is 35.4 Å². The lowest BCUT2D eigenvalue weighted by atomic mass is 10.2. The summed E-state index contributed by atoms with van der Waals surface area (Å²) in [5.74, 6) is 0.933. The average molecular weight is 252 g/mol. The molecule has 3 aromatic rings. The Hall–Kier alpha value is -2.29. The molecule has 0 aliphatic carbocycles. The molecular formula is C16H16N2O. The number of nitrogens with zero attached hydrogens (tertiary/aromatic N) is 1. The van der Waals surface area contributed by atoms with Gasteiger partial charge >= 0.3 is 0 Å². The minimum atomic E-state index is 0.107. The quantitative estimate of drug-likeness (QED) is 0.754. The molecule has 0 fully saturated rings. The SMILES string of the molecule is Cc1cncc(NC(C)c2cc3ccccc3o2)c1. The molecule has 0 aliphatic heterocycles. The molecule has 2 heterocycles. The van der Waals surface area contributed by atoms with Crippen LogP contribution < -0.4 is 5.32 Å². The Morgan fingerprint density at radius 2 is 2.00 bits per heavy atom. The molecule has 3 heteroatoms. The van der Waals surface area contributed by atoms with Gasteiger partial charge in [-0.15, -0.1) is 0 Å². The molecule has 19 heavy (non-hydrogen) atoms. The van der Waals surface area contributed by atoms with E-state index >= 15 is 0 Å². The maximum atomic E-state index is 5.85. The van der Waals surface area contributed by atoms with Crippen molar-refractivity contribution in [3.05, 3.63) is 60.1 Å². The molecule has 0 bridgehead atoms. The van der Waals surface area contributed by atoms with E-state index in [1.54, 1.807) is 0 Å². The predicted molar refractivity (Wildman–Crippen MR) is 77.2 cm³/mol. The third-order valence-electron chi connectivity index (χ3n) is 3.13. The molecule has 3 nitrogen and oxygen atoms in total. The average Bonchev–Trinajstić information content (AvgIpc) is 2.82. The lowest BCUT2D eigenvalue weighted by Gasteiger charge is -2.12. The van der Waals surface area contributed by atoms with Crippen LogP contribution in [0, 0.1) is 6.92 Å². The number of hydrogen-bond donors (Lipinski definition) is 1. The van der Waals surface area contributed by atoms with Crippen LogP contribution in [0.4, 0.5) is 5.69 Å². The van der Waals surface area contributed by atoms with Crippen LogP contribution >= 0.6 is 0 Å². The highest BCUT2D eigenvalue weighted by Gasteiger charge is 2.11.